The Morgan fingerprint density at radius 1 is 1.20 bits per heavy atom. The number of carbonyl (C=O) groups is 1. The minimum Gasteiger partial charge on any atom is -0.481 e. The van der Waals surface area contributed by atoms with Gasteiger partial charge in [-0.15, -0.1) is 0 Å². The number of aliphatic carboxylic acids is 1. The summed E-state index contributed by atoms with van der Waals surface area (Å²) in [7, 11) is 0. The van der Waals surface area contributed by atoms with E-state index in [1.807, 2.05) is 18.2 Å². The standard InChI is InChI=1S/C17H25NO2/c1-13(2)12-15(17(19)20)14-8-4-5-9-16(14)18-10-6-3-7-11-18/h4-5,8-9,13,15H,3,6-7,10-12H2,1-2H3,(H,19,20). The zero-order valence-corrected chi connectivity index (χ0v) is 12.5. The van der Waals surface area contributed by atoms with E-state index in [-0.39, 0.29) is 0 Å². The van der Waals surface area contributed by atoms with Crippen LogP contribution in [-0.4, -0.2) is 24.2 Å². The molecule has 0 bridgehead atoms. The summed E-state index contributed by atoms with van der Waals surface area (Å²) < 4.78 is 0. The molecular weight excluding hydrogens is 250 g/mol. The maximum absolute atomic E-state index is 11.7. The van der Waals surface area contributed by atoms with Gasteiger partial charge in [0.15, 0.2) is 0 Å². The Balaban J connectivity index is 2.31. The molecule has 1 N–H and O–H groups in total. The second kappa shape index (κ2) is 6.78. The van der Waals surface area contributed by atoms with Crippen LogP contribution in [-0.2, 0) is 4.79 Å². The maximum atomic E-state index is 11.7. The molecule has 0 radical (unpaired) electrons. The molecule has 110 valence electrons. The average molecular weight is 275 g/mol. The van der Waals surface area contributed by atoms with Crippen LogP contribution in [0.15, 0.2) is 24.3 Å². The number of carboxylic acid groups (broad SMARTS) is 1. The number of rotatable bonds is 5. The highest BCUT2D eigenvalue weighted by atomic mass is 16.4. The fourth-order valence-corrected chi connectivity index (χ4v) is 3.04. The van der Waals surface area contributed by atoms with Crippen LogP contribution >= 0.6 is 0 Å². The van der Waals surface area contributed by atoms with Crippen molar-refractivity contribution in [3.05, 3.63) is 29.8 Å². The molecule has 3 heteroatoms. The van der Waals surface area contributed by atoms with Crippen molar-refractivity contribution >= 4 is 11.7 Å². The van der Waals surface area contributed by atoms with E-state index in [1.165, 1.54) is 19.3 Å². The monoisotopic (exact) mass is 275 g/mol. The summed E-state index contributed by atoms with van der Waals surface area (Å²) in [6.07, 6.45) is 4.39. The first-order valence-electron chi connectivity index (χ1n) is 7.66. The average Bonchev–Trinajstić information content (AvgIpc) is 2.45. The molecule has 20 heavy (non-hydrogen) atoms. The van der Waals surface area contributed by atoms with Crippen LogP contribution < -0.4 is 4.90 Å². The highest BCUT2D eigenvalue weighted by Gasteiger charge is 2.25. The molecule has 0 saturated carbocycles. The lowest BCUT2D eigenvalue weighted by atomic mass is 9.88. The molecule has 0 aromatic heterocycles. The van der Waals surface area contributed by atoms with Gasteiger partial charge in [0.25, 0.3) is 0 Å². The summed E-state index contributed by atoms with van der Waals surface area (Å²) in [5.41, 5.74) is 2.11. The van der Waals surface area contributed by atoms with Gasteiger partial charge in [-0.05, 0) is 43.2 Å². The van der Waals surface area contributed by atoms with Gasteiger partial charge in [-0.1, -0.05) is 32.0 Å². The molecule has 0 aliphatic carbocycles. The molecule has 1 aliphatic heterocycles. The van der Waals surface area contributed by atoms with E-state index in [0.717, 1.165) is 24.3 Å². The molecule has 3 nitrogen and oxygen atoms in total. The van der Waals surface area contributed by atoms with Gasteiger partial charge >= 0.3 is 5.97 Å². The topological polar surface area (TPSA) is 40.5 Å². The minimum atomic E-state index is -0.705. The number of hydrogen-bond acceptors (Lipinski definition) is 2. The van der Waals surface area contributed by atoms with Crippen molar-refractivity contribution in [2.45, 2.75) is 45.4 Å². The number of anilines is 1. The molecule has 1 aromatic rings. The number of benzene rings is 1. The van der Waals surface area contributed by atoms with E-state index in [2.05, 4.69) is 24.8 Å². The summed E-state index contributed by atoms with van der Waals surface area (Å²) in [4.78, 5) is 14.0. The Labute approximate surface area is 121 Å². The molecular formula is C17H25NO2. The van der Waals surface area contributed by atoms with Crippen molar-refractivity contribution in [2.75, 3.05) is 18.0 Å². The Morgan fingerprint density at radius 3 is 2.45 bits per heavy atom. The molecule has 1 atom stereocenters. The van der Waals surface area contributed by atoms with Crippen molar-refractivity contribution in [3.8, 4) is 0 Å². The minimum absolute atomic E-state index is 0.380. The maximum Gasteiger partial charge on any atom is 0.311 e. The SMILES string of the molecule is CC(C)CC(C(=O)O)c1ccccc1N1CCCCC1. The Bertz CT molecular complexity index is 450. The quantitative estimate of drug-likeness (QED) is 0.886. The molecule has 1 aliphatic rings. The van der Waals surface area contributed by atoms with Crippen LogP contribution in [0.25, 0.3) is 0 Å². The zero-order chi connectivity index (χ0) is 14.5. The van der Waals surface area contributed by atoms with Crippen molar-refractivity contribution in [1.29, 1.82) is 0 Å². The second-order valence-corrected chi connectivity index (χ2v) is 6.13. The lowest BCUT2D eigenvalue weighted by Crippen LogP contribution is -2.31. The summed E-state index contributed by atoms with van der Waals surface area (Å²) in [5.74, 6) is -0.721. The van der Waals surface area contributed by atoms with Crippen molar-refractivity contribution < 1.29 is 9.90 Å². The van der Waals surface area contributed by atoms with E-state index in [4.69, 9.17) is 0 Å². The third-order valence-electron chi connectivity index (χ3n) is 4.01. The van der Waals surface area contributed by atoms with Crippen molar-refractivity contribution in [1.82, 2.24) is 0 Å². The van der Waals surface area contributed by atoms with E-state index in [9.17, 15) is 9.90 Å². The van der Waals surface area contributed by atoms with Crippen LogP contribution in [0.2, 0.25) is 0 Å². The third kappa shape index (κ3) is 3.53. The van der Waals surface area contributed by atoms with Gasteiger partial charge in [0.2, 0.25) is 0 Å². The number of hydrogen-bond donors (Lipinski definition) is 1. The summed E-state index contributed by atoms with van der Waals surface area (Å²) >= 11 is 0. The summed E-state index contributed by atoms with van der Waals surface area (Å²) in [6, 6.07) is 8.04. The van der Waals surface area contributed by atoms with Crippen LogP contribution in [0.3, 0.4) is 0 Å². The van der Waals surface area contributed by atoms with Crippen molar-refractivity contribution in [2.24, 2.45) is 5.92 Å². The lowest BCUT2D eigenvalue weighted by molar-refractivity contribution is -0.139. The molecule has 0 spiro atoms. The van der Waals surface area contributed by atoms with Crippen LogP contribution in [0.1, 0.15) is 51.0 Å². The van der Waals surface area contributed by atoms with Gasteiger partial charge in [-0.3, -0.25) is 4.79 Å². The van der Waals surface area contributed by atoms with E-state index < -0.39 is 11.9 Å². The summed E-state index contributed by atoms with van der Waals surface area (Å²) in [5, 5.41) is 9.58. The number of carboxylic acids is 1. The zero-order valence-electron chi connectivity index (χ0n) is 12.5. The van der Waals surface area contributed by atoms with E-state index in [1.54, 1.807) is 0 Å². The first-order chi connectivity index (χ1) is 9.59. The smallest absolute Gasteiger partial charge is 0.311 e. The van der Waals surface area contributed by atoms with Gasteiger partial charge in [-0.2, -0.15) is 0 Å². The van der Waals surface area contributed by atoms with Crippen molar-refractivity contribution in [3.63, 3.8) is 0 Å². The lowest BCUT2D eigenvalue weighted by Gasteiger charge is -2.32. The number of piperidine rings is 1. The Hall–Kier alpha value is -1.51. The third-order valence-corrected chi connectivity index (χ3v) is 4.01. The molecule has 1 unspecified atom stereocenters. The van der Waals surface area contributed by atoms with Gasteiger partial charge in [0.05, 0.1) is 5.92 Å². The number of para-hydroxylation sites is 1. The normalized spacial score (nSPS) is 17.2. The van der Waals surface area contributed by atoms with Crippen LogP contribution in [0.5, 0.6) is 0 Å². The molecule has 1 aromatic carbocycles. The highest BCUT2D eigenvalue weighted by molar-refractivity contribution is 5.79. The van der Waals surface area contributed by atoms with Gasteiger partial charge in [0, 0.05) is 18.8 Å². The predicted molar refractivity (Wildman–Crippen MR) is 82.3 cm³/mol. The Kier molecular flexibility index (Phi) is 5.05. The fourth-order valence-electron chi connectivity index (χ4n) is 3.04. The molecule has 0 amide bonds. The first kappa shape index (κ1) is 14.9. The number of nitrogens with zero attached hydrogens (tertiary/aromatic N) is 1. The second-order valence-electron chi connectivity index (χ2n) is 6.13. The largest absolute Gasteiger partial charge is 0.481 e. The molecule has 1 saturated heterocycles. The van der Waals surface area contributed by atoms with Gasteiger partial charge in [0.1, 0.15) is 0 Å². The van der Waals surface area contributed by atoms with Gasteiger partial charge < -0.3 is 10.0 Å². The van der Waals surface area contributed by atoms with Crippen LogP contribution in [0, 0.1) is 5.92 Å². The van der Waals surface area contributed by atoms with Gasteiger partial charge in [-0.25, -0.2) is 0 Å². The fraction of sp³-hybridized carbons (Fsp3) is 0.588. The predicted octanol–water partition coefficient (Wildman–Crippen LogP) is 3.89. The highest BCUT2D eigenvalue weighted by Crippen LogP contribution is 2.33. The van der Waals surface area contributed by atoms with E-state index >= 15 is 0 Å². The van der Waals surface area contributed by atoms with E-state index in [0.29, 0.717) is 12.3 Å². The molecule has 1 heterocycles. The Morgan fingerprint density at radius 2 is 1.85 bits per heavy atom. The molecule has 2 rings (SSSR count). The first-order valence-corrected chi connectivity index (χ1v) is 7.66. The molecule has 1 fully saturated rings. The summed E-state index contributed by atoms with van der Waals surface area (Å²) in [6.45, 7) is 6.26. The van der Waals surface area contributed by atoms with Crippen LogP contribution in [0.4, 0.5) is 5.69 Å².